The quantitative estimate of drug-likeness (QED) is 0.847. The molecule has 0 atom stereocenters. The van der Waals surface area contributed by atoms with Crippen LogP contribution in [-0.2, 0) is 10.0 Å². The number of anilines is 1. The molecule has 2 aromatic rings. The van der Waals surface area contributed by atoms with Crippen LogP contribution in [-0.4, -0.2) is 49.6 Å². The Labute approximate surface area is 123 Å². The van der Waals surface area contributed by atoms with Crippen molar-refractivity contribution in [3.8, 4) is 0 Å². The monoisotopic (exact) mass is 313 g/mol. The molecule has 0 bridgehead atoms. The molecule has 0 amide bonds. The molecule has 1 fully saturated rings. The van der Waals surface area contributed by atoms with Crippen LogP contribution in [0.15, 0.2) is 30.6 Å². The summed E-state index contributed by atoms with van der Waals surface area (Å²) in [5.74, 6) is 0. The number of piperazine rings is 1. The molecule has 0 unspecified atom stereocenters. The van der Waals surface area contributed by atoms with Crippen molar-refractivity contribution in [2.75, 3.05) is 37.3 Å². The van der Waals surface area contributed by atoms with Gasteiger partial charge in [-0.1, -0.05) is 11.6 Å². The number of aromatic nitrogens is 1. The maximum Gasteiger partial charge on any atom is 0.211 e. The zero-order chi connectivity index (χ0) is 14.3. The van der Waals surface area contributed by atoms with Crippen molar-refractivity contribution in [3.05, 3.63) is 35.6 Å². The molecular weight excluding hydrogens is 298 g/mol. The van der Waals surface area contributed by atoms with Crippen molar-refractivity contribution < 1.29 is 8.42 Å². The summed E-state index contributed by atoms with van der Waals surface area (Å²) in [6, 6.07) is 5.95. The first kappa shape index (κ1) is 13.7. The summed E-state index contributed by atoms with van der Waals surface area (Å²) in [6.45, 7) is 2.37. The normalized spacial score (nSPS) is 17.8. The molecule has 0 saturated carbocycles. The average molecular weight is 314 g/mol. The van der Waals surface area contributed by atoms with Gasteiger partial charge in [0.1, 0.15) is 0 Å². The standard InChI is InChI=1S/C13H16ClN3O2S/c1-20(18,19)17-7-5-15(6-8-17)13-9-11(14)10-16-4-2-3-12(13)16/h2-4,9-10H,5-8H2,1H3. The highest BCUT2D eigenvalue weighted by Gasteiger charge is 2.24. The third kappa shape index (κ3) is 2.51. The van der Waals surface area contributed by atoms with Crippen LogP contribution >= 0.6 is 11.6 Å². The van der Waals surface area contributed by atoms with Gasteiger partial charge in [-0.05, 0) is 18.2 Å². The van der Waals surface area contributed by atoms with Crippen molar-refractivity contribution >= 4 is 32.8 Å². The lowest BCUT2D eigenvalue weighted by molar-refractivity contribution is 0.388. The van der Waals surface area contributed by atoms with Crippen molar-refractivity contribution in [2.24, 2.45) is 0 Å². The van der Waals surface area contributed by atoms with Crippen LogP contribution in [0.1, 0.15) is 0 Å². The average Bonchev–Trinajstić information content (AvgIpc) is 2.85. The third-order valence-electron chi connectivity index (χ3n) is 3.63. The molecule has 1 aliphatic rings. The molecule has 108 valence electrons. The molecule has 7 heteroatoms. The van der Waals surface area contributed by atoms with E-state index in [1.807, 2.05) is 35.0 Å². The summed E-state index contributed by atoms with van der Waals surface area (Å²) in [5, 5.41) is 0.675. The SMILES string of the molecule is CS(=O)(=O)N1CCN(c2cc(Cl)cn3cccc23)CC1. The zero-order valence-electron chi connectivity index (χ0n) is 11.2. The fraction of sp³-hybridized carbons (Fsp3) is 0.385. The van der Waals surface area contributed by atoms with Crippen molar-refractivity contribution in [3.63, 3.8) is 0 Å². The molecule has 3 rings (SSSR count). The Morgan fingerprint density at radius 2 is 1.90 bits per heavy atom. The van der Waals surface area contributed by atoms with E-state index in [-0.39, 0.29) is 0 Å². The molecule has 0 aliphatic carbocycles. The van der Waals surface area contributed by atoms with E-state index in [2.05, 4.69) is 4.90 Å². The summed E-state index contributed by atoms with van der Waals surface area (Å²) >= 11 is 6.15. The summed E-state index contributed by atoms with van der Waals surface area (Å²) in [4.78, 5) is 2.18. The summed E-state index contributed by atoms with van der Waals surface area (Å²) < 4.78 is 26.6. The number of nitrogens with zero attached hydrogens (tertiary/aromatic N) is 3. The van der Waals surface area contributed by atoms with Gasteiger partial charge in [0, 0.05) is 38.6 Å². The second kappa shape index (κ2) is 4.95. The van der Waals surface area contributed by atoms with Crippen LogP contribution in [0, 0.1) is 0 Å². The number of rotatable bonds is 2. The third-order valence-corrected chi connectivity index (χ3v) is 5.14. The van der Waals surface area contributed by atoms with Crippen molar-refractivity contribution in [1.29, 1.82) is 0 Å². The lowest BCUT2D eigenvalue weighted by Gasteiger charge is -2.35. The first-order valence-corrected chi connectivity index (χ1v) is 8.64. The first-order chi connectivity index (χ1) is 9.45. The topological polar surface area (TPSA) is 45.0 Å². The van der Waals surface area contributed by atoms with Gasteiger partial charge in [0.2, 0.25) is 10.0 Å². The van der Waals surface area contributed by atoms with E-state index in [0.717, 1.165) is 11.2 Å². The Bertz CT molecular complexity index is 733. The van der Waals surface area contributed by atoms with Crippen molar-refractivity contribution in [2.45, 2.75) is 0 Å². The van der Waals surface area contributed by atoms with Gasteiger partial charge in [-0.15, -0.1) is 0 Å². The highest BCUT2D eigenvalue weighted by Crippen LogP contribution is 2.27. The lowest BCUT2D eigenvalue weighted by Crippen LogP contribution is -2.48. The van der Waals surface area contributed by atoms with Crippen LogP contribution in [0.5, 0.6) is 0 Å². The van der Waals surface area contributed by atoms with Crippen LogP contribution in [0.3, 0.4) is 0 Å². The fourth-order valence-electron chi connectivity index (χ4n) is 2.61. The molecule has 5 nitrogen and oxygen atoms in total. The number of pyridine rings is 1. The van der Waals surface area contributed by atoms with Gasteiger partial charge in [-0.2, -0.15) is 4.31 Å². The minimum absolute atomic E-state index is 0.512. The van der Waals surface area contributed by atoms with E-state index in [1.54, 1.807) is 0 Å². The number of hydrogen-bond acceptors (Lipinski definition) is 3. The molecule has 2 aromatic heterocycles. The maximum absolute atomic E-state index is 11.5. The molecule has 1 saturated heterocycles. The van der Waals surface area contributed by atoms with E-state index in [1.165, 1.54) is 10.6 Å². The Morgan fingerprint density at radius 1 is 1.20 bits per heavy atom. The van der Waals surface area contributed by atoms with Gasteiger partial charge in [-0.25, -0.2) is 8.42 Å². The van der Waals surface area contributed by atoms with E-state index < -0.39 is 10.0 Å². The second-order valence-corrected chi connectivity index (χ2v) is 7.41. The maximum atomic E-state index is 11.5. The predicted octanol–water partition coefficient (Wildman–Crippen LogP) is 1.67. The minimum Gasteiger partial charge on any atom is -0.367 e. The van der Waals surface area contributed by atoms with Crippen molar-refractivity contribution in [1.82, 2.24) is 8.71 Å². The molecular formula is C13H16ClN3O2S. The fourth-order valence-corrected chi connectivity index (χ4v) is 3.65. The Hall–Kier alpha value is -1.24. The smallest absolute Gasteiger partial charge is 0.211 e. The minimum atomic E-state index is -3.10. The highest BCUT2D eigenvalue weighted by molar-refractivity contribution is 7.88. The summed E-state index contributed by atoms with van der Waals surface area (Å²) in [6.07, 6.45) is 5.08. The van der Waals surface area contributed by atoms with Gasteiger partial charge in [0.15, 0.2) is 0 Å². The van der Waals surface area contributed by atoms with Gasteiger partial charge in [-0.3, -0.25) is 0 Å². The Kier molecular flexibility index (Phi) is 3.40. The zero-order valence-corrected chi connectivity index (χ0v) is 12.7. The van der Waals surface area contributed by atoms with Crippen LogP contribution in [0.2, 0.25) is 5.02 Å². The van der Waals surface area contributed by atoms with E-state index in [9.17, 15) is 8.42 Å². The van der Waals surface area contributed by atoms with Gasteiger partial charge in [0.05, 0.1) is 22.5 Å². The molecule has 0 spiro atoms. The van der Waals surface area contributed by atoms with Gasteiger partial charge < -0.3 is 9.30 Å². The molecule has 3 heterocycles. The number of sulfonamides is 1. The van der Waals surface area contributed by atoms with Crippen LogP contribution < -0.4 is 4.90 Å². The second-order valence-electron chi connectivity index (χ2n) is 4.99. The van der Waals surface area contributed by atoms with Gasteiger partial charge in [0.25, 0.3) is 0 Å². The molecule has 0 N–H and O–H groups in total. The Morgan fingerprint density at radius 3 is 2.55 bits per heavy atom. The summed E-state index contributed by atoms with van der Waals surface area (Å²) in [7, 11) is -3.10. The summed E-state index contributed by atoms with van der Waals surface area (Å²) in [5.41, 5.74) is 2.14. The number of hydrogen-bond donors (Lipinski definition) is 0. The molecule has 1 aliphatic heterocycles. The predicted molar refractivity (Wildman–Crippen MR) is 81.0 cm³/mol. The van der Waals surface area contributed by atoms with E-state index in [4.69, 9.17) is 11.6 Å². The molecule has 20 heavy (non-hydrogen) atoms. The molecule has 0 aromatic carbocycles. The molecule has 0 radical (unpaired) electrons. The largest absolute Gasteiger partial charge is 0.367 e. The van der Waals surface area contributed by atoms with Crippen LogP contribution in [0.4, 0.5) is 5.69 Å². The highest BCUT2D eigenvalue weighted by atomic mass is 35.5. The Balaban J connectivity index is 1.89. The van der Waals surface area contributed by atoms with Crippen LogP contribution in [0.25, 0.3) is 5.52 Å². The van der Waals surface area contributed by atoms with E-state index >= 15 is 0 Å². The lowest BCUT2D eigenvalue weighted by atomic mass is 10.2. The van der Waals surface area contributed by atoms with Gasteiger partial charge >= 0.3 is 0 Å². The first-order valence-electron chi connectivity index (χ1n) is 6.41. The number of fused-ring (bicyclic) bond motifs is 1. The van der Waals surface area contributed by atoms with E-state index in [0.29, 0.717) is 31.2 Å². The number of halogens is 1.